The average molecular weight is 201 g/mol. The molecule has 0 rings (SSSR count). The largest absolute Gasteiger partial charge is 0.394 e. The van der Waals surface area contributed by atoms with Gasteiger partial charge in [0, 0.05) is 5.54 Å². The standard InChI is InChI=1S/C12H27NO/c1-5-11(6-2)9-13-12(7-3,8-4)10-14/h11,13-14H,5-10H2,1-4H3. The molecule has 0 aromatic rings. The number of nitrogens with one attached hydrogen (secondary N) is 1. The van der Waals surface area contributed by atoms with Gasteiger partial charge in [0.2, 0.25) is 0 Å². The van der Waals surface area contributed by atoms with Crippen molar-refractivity contribution >= 4 is 0 Å². The van der Waals surface area contributed by atoms with Gasteiger partial charge in [-0.1, -0.05) is 40.5 Å². The lowest BCUT2D eigenvalue weighted by atomic mass is 9.92. The van der Waals surface area contributed by atoms with E-state index in [-0.39, 0.29) is 12.1 Å². The van der Waals surface area contributed by atoms with Crippen molar-refractivity contribution in [1.29, 1.82) is 0 Å². The summed E-state index contributed by atoms with van der Waals surface area (Å²) in [6.07, 6.45) is 4.44. The van der Waals surface area contributed by atoms with Crippen molar-refractivity contribution in [3.8, 4) is 0 Å². The van der Waals surface area contributed by atoms with Crippen LogP contribution >= 0.6 is 0 Å². The minimum Gasteiger partial charge on any atom is -0.394 e. The molecule has 0 spiro atoms. The van der Waals surface area contributed by atoms with Crippen LogP contribution in [-0.4, -0.2) is 23.8 Å². The molecule has 0 saturated heterocycles. The summed E-state index contributed by atoms with van der Waals surface area (Å²) >= 11 is 0. The summed E-state index contributed by atoms with van der Waals surface area (Å²) in [6, 6.07) is 0. The fourth-order valence-electron chi connectivity index (χ4n) is 1.72. The molecule has 0 heterocycles. The molecule has 0 amide bonds. The molecule has 0 fully saturated rings. The highest BCUT2D eigenvalue weighted by Gasteiger charge is 2.24. The summed E-state index contributed by atoms with van der Waals surface area (Å²) in [5.74, 6) is 0.749. The summed E-state index contributed by atoms with van der Waals surface area (Å²) in [5, 5.41) is 12.9. The van der Waals surface area contributed by atoms with Gasteiger partial charge in [0.1, 0.15) is 0 Å². The number of hydrogen-bond donors (Lipinski definition) is 2. The summed E-state index contributed by atoms with van der Waals surface area (Å²) in [6.45, 7) is 10.0. The maximum atomic E-state index is 9.37. The van der Waals surface area contributed by atoms with E-state index in [1.165, 1.54) is 12.8 Å². The second kappa shape index (κ2) is 7.24. The van der Waals surface area contributed by atoms with Crippen LogP contribution in [0.5, 0.6) is 0 Å². The topological polar surface area (TPSA) is 32.3 Å². The zero-order valence-electron chi connectivity index (χ0n) is 10.3. The Kier molecular flexibility index (Phi) is 7.20. The molecule has 86 valence electrons. The van der Waals surface area contributed by atoms with Gasteiger partial charge in [0.05, 0.1) is 6.61 Å². The zero-order valence-corrected chi connectivity index (χ0v) is 10.3. The van der Waals surface area contributed by atoms with Crippen LogP contribution < -0.4 is 5.32 Å². The molecule has 2 N–H and O–H groups in total. The predicted molar refractivity (Wildman–Crippen MR) is 62.5 cm³/mol. The Morgan fingerprint density at radius 1 is 1.07 bits per heavy atom. The lowest BCUT2D eigenvalue weighted by Gasteiger charge is -2.32. The Hall–Kier alpha value is -0.0800. The van der Waals surface area contributed by atoms with Crippen LogP contribution in [0.1, 0.15) is 53.4 Å². The lowest BCUT2D eigenvalue weighted by molar-refractivity contribution is 0.144. The molecule has 2 nitrogen and oxygen atoms in total. The zero-order chi connectivity index (χ0) is 11.0. The molecule has 0 aliphatic heterocycles. The molecule has 14 heavy (non-hydrogen) atoms. The van der Waals surface area contributed by atoms with Crippen molar-refractivity contribution in [2.75, 3.05) is 13.2 Å². The third-order valence-electron chi connectivity index (χ3n) is 3.58. The van der Waals surface area contributed by atoms with Crippen LogP contribution in [0.25, 0.3) is 0 Å². The Morgan fingerprint density at radius 2 is 1.57 bits per heavy atom. The highest BCUT2D eigenvalue weighted by Crippen LogP contribution is 2.16. The molecule has 0 aromatic heterocycles. The normalized spacial score (nSPS) is 12.4. The van der Waals surface area contributed by atoms with Crippen LogP contribution in [0.3, 0.4) is 0 Å². The molecule has 0 aliphatic carbocycles. The molecule has 0 bridgehead atoms. The molecular formula is C12H27NO. The van der Waals surface area contributed by atoms with Crippen LogP contribution in [0.4, 0.5) is 0 Å². The molecule has 0 atom stereocenters. The van der Waals surface area contributed by atoms with Crippen molar-refractivity contribution in [2.45, 2.75) is 58.9 Å². The summed E-state index contributed by atoms with van der Waals surface area (Å²) in [4.78, 5) is 0. The Labute approximate surface area is 89.1 Å². The first-order valence-corrected chi connectivity index (χ1v) is 6.03. The first-order valence-electron chi connectivity index (χ1n) is 6.03. The summed E-state index contributed by atoms with van der Waals surface area (Å²) in [5.41, 5.74) is -0.0391. The highest BCUT2D eigenvalue weighted by atomic mass is 16.3. The molecule has 0 radical (unpaired) electrons. The number of aliphatic hydroxyl groups is 1. The summed E-state index contributed by atoms with van der Waals surface area (Å²) in [7, 11) is 0. The second-order valence-electron chi connectivity index (χ2n) is 4.21. The quantitative estimate of drug-likeness (QED) is 0.632. The molecule has 0 aliphatic rings. The molecule has 2 heteroatoms. The first-order chi connectivity index (χ1) is 6.67. The van der Waals surface area contributed by atoms with Crippen molar-refractivity contribution in [1.82, 2.24) is 5.32 Å². The number of aliphatic hydroxyl groups excluding tert-OH is 1. The van der Waals surface area contributed by atoms with E-state index < -0.39 is 0 Å². The fraction of sp³-hybridized carbons (Fsp3) is 1.00. The molecule has 0 unspecified atom stereocenters. The van der Waals surface area contributed by atoms with Crippen molar-refractivity contribution in [3.63, 3.8) is 0 Å². The predicted octanol–water partition coefficient (Wildman–Crippen LogP) is 2.56. The van der Waals surface area contributed by atoms with Crippen molar-refractivity contribution < 1.29 is 5.11 Å². The maximum absolute atomic E-state index is 9.37. The van der Waals surface area contributed by atoms with E-state index >= 15 is 0 Å². The Balaban J connectivity index is 4.04. The van der Waals surface area contributed by atoms with Crippen molar-refractivity contribution in [3.05, 3.63) is 0 Å². The third-order valence-corrected chi connectivity index (χ3v) is 3.58. The minimum absolute atomic E-state index is 0.0391. The SMILES string of the molecule is CCC(CC)CNC(CC)(CC)CO. The van der Waals surface area contributed by atoms with E-state index in [2.05, 4.69) is 33.0 Å². The van der Waals surface area contributed by atoms with Gasteiger partial charge in [-0.15, -0.1) is 0 Å². The van der Waals surface area contributed by atoms with Crippen LogP contribution in [-0.2, 0) is 0 Å². The molecule has 0 saturated carbocycles. The van der Waals surface area contributed by atoms with Gasteiger partial charge >= 0.3 is 0 Å². The van der Waals surface area contributed by atoms with Crippen LogP contribution in [0.2, 0.25) is 0 Å². The van der Waals surface area contributed by atoms with Gasteiger partial charge in [0.15, 0.2) is 0 Å². The van der Waals surface area contributed by atoms with Gasteiger partial charge in [0.25, 0.3) is 0 Å². The minimum atomic E-state index is -0.0391. The van der Waals surface area contributed by atoms with Crippen LogP contribution in [0.15, 0.2) is 0 Å². The van der Waals surface area contributed by atoms with Gasteiger partial charge in [-0.2, -0.15) is 0 Å². The van der Waals surface area contributed by atoms with Gasteiger partial charge in [-0.25, -0.2) is 0 Å². The van der Waals surface area contributed by atoms with E-state index in [4.69, 9.17) is 0 Å². The van der Waals surface area contributed by atoms with E-state index in [9.17, 15) is 5.11 Å². The van der Waals surface area contributed by atoms with E-state index in [1.807, 2.05) is 0 Å². The smallest absolute Gasteiger partial charge is 0.0613 e. The average Bonchev–Trinajstić information content (AvgIpc) is 2.26. The van der Waals surface area contributed by atoms with Gasteiger partial charge in [-0.3, -0.25) is 0 Å². The molecular weight excluding hydrogens is 174 g/mol. The monoisotopic (exact) mass is 201 g/mol. The summed E-state index contributed by atoms with van der Waals surface area (Å²) < 4.78 is 0. The highest BCUT2D eigenvalue weighted by molar-refractivity contribution is 4.85. The van der Waals surface area contributed by atoms with E-state index in [1.54, 1.807) is 0 Å². The number of rotatable bonds is 8. The fourth-order valence-corrected chi connectivity index (χ4v) is 1.72. The van der Waals surface area contributed by atoms with Gasteiger partial charge < -0.3 is 10.4 Å². The van der Waals surface area contributed by atoms with Gasteiger partial charge in [-0.05, 0) is 25.3 Å². The van der Waals surface area contributed by atoms with E-state index in [0.717, 1.165) is 25.3 Å². The first kappa shape index (κ1) is 13.9. The maximum Gasteiger partial charge on any atom is 0.0613 e. The van der Waals surface area contributed by atoms with Crippen molar-refractivity contribution in [2.24, 2.45) is 5.92 Å². The Morgan fingerprint density at radius 3 is 1.86 bits per heavy atom. The Bertz CT molecular complexity index is 120. The lowest BCUT2D eigenvalue weighted by Crippen LogP contribution is -2.49. The molecule has 0 aromatic carbocycles. The number of hydrogen-bond acceptors (Lipinski definition) is 2. The second-order valence-corrected chi connectivity index (χ2v) is 4.21. The van der Waals surface area contributed by atoms with Crippen LogP contribution in [0, 0.1) is 5.92 Å². The van der Waals surface area contributed by atoms with E-state index in [0.29, 0.717) is 0 Å². The third kappa shape index (κ3) is 3.97.